The maximum Gasteiger partial charge on any atom is 0.410 e. The number of hydrogen-bond donors (Lipinski definition) is 0. The van der Waals surface area contributed by atoms with Crippen LogP contribution >= 0.6 is 0 Å². The molecule has 0 N–H and O–H groups in total. The van der Waals surface area contributed by atoms with E-state index < -0.39 is 12.1 Å². The van der Waals surface area contributed by atoms with Crippen LogP contribution in [0.4, 0.5) is 4.79 Å². The van der Waals surface area contributed by atoms with Crippen molar-refractivity contribution in [2.24, 2.45) is 0 Å². The van der Waals surface area contributed by atoms with Crippen LogP contribution in [0.15, 0.2) is 0 Å². The van der Waals surface area contributed by atoms with Gasteiger partial charge in [0.2, 0.25) is 0 Å². The van der Waals surface area contributed by atoms with E-state index in [0.29, 0.717) is 13.2 Å². The van der Waals surface area contributed by atoms with E-state index in [4.69, 9.17) is 9.47 Å². The van der Waals surface area contributed by atoms with Crippen molar-refractivity contribution in [3.05, 3.63) is 0 Å². The Morgan fingerprint density at radius 3 is 1.88 bits per heavy atom. The summed E-state index contributed by atoms with van der Waals surface area (Å²) in [5.41, 5.74) is 0. The third kappa shape index (κ3) is 11.3. The molecule has 1 unspecified atom stereocenters. The average molecular weight is 344 g/mol. The molecule has 1 atom stereocenters. The average Bonchev–Trinajstić information content (AvgIpc) is 2.58. The van der Waals surface area contributed by atoms with Gasteiger partial charge in [0.05, 0.1) is 13.2 Å². The first-order valence-corrected chi connectivity index (χ1v) is 9.60. The van der Waals surface area contributed by atoms with E-state index in [1.165, 1.54) is 43.4 Å². The van der Waals surface area contributed by atoms with Gasteiger partial charge in [0.1, 0.15) is 6.04 Å². The summed E-state index contributed by atoms with van der Waals surface area (Å²) in [7, 11) is 1.57. The number of amides is 1. The van der Waals surface area contributed by atoms with Crippen LogP contribution in [-0.4, -0.2) is 43.3 Å². The molecule has 0 aromatic rings. The highest BCUT2D eigenvalue weighted by atomic mass is 16.6. The second kappa shape index (κ2) is 15.3. The molecule has 0 aliphatic rings. The largest absolute Gasteiger partial charge is 0.464 e. The lowest BCUT2D eigenvalue weighted by Gasteiger charge is -2.22. The molecule has 0 aromatic heterocycles. The van der Waals surface area contributed by atoms with Crippen molar-refractivity contribution in [1.29, 1.82) is 0 Å². The van der Waals surface area contributed by atoms with Gasteiger partial charge in [-0.05, 0) is 19.8 Å². The molecule has 0 rings (SSSR count). The van der Waals surface area contributed by atoms with Gasteiger partial charge < -0.3 is 9.47 Å². The van der Waals surface area contributed by atoms with Crippen LogP contribution in [0.1, 0.15) is 85.0 Å². The first kappa shape index (κ1) is 22.7. The highest BCUT2D eigenvalue weighted by Crippen LogP contribution is 2.09. The van der Waals surface area contributed by atoms with Crippen LogP contribution in [0.5, 0.6) is 0 Å². The fourth-order valence-electron chi connectivity index (χ4n) is 2.25. The Bertz CT molecular complexity index is 333. The molecule has 0 heterocycles. The van der Waals surface area contributed by atoms with Crippen molar-refractivity contribution in [3.63, 3.8) is 0 Å². The Labute approximate surface area is 148 Å². The van der Waals surface area contributed by atoms with E-state index in [1.54, 1.807) is 14.0 Å². The van der Waals surface area contributed by atoms with Crippen LogP contribution < -0.4 is 0 Å². The normalized spacial score (nSPS) is 11.8. The number of esters is 1. The zero-order valence-electron chi connectivity index (χ0n) is 16.1. The molecule has 0 aromatic carbocycles. The molecule has 5 heteroatoms. The summed E-state index contributed by atoms with van der Waals surface area (Å²) in [4.78, 5) is 25.0. The minimum absolute atomic E-state index is 0.380. The zero-order valence-corrected chi connectivity index (χ0v) is 16.1. The molecule has 0 fully saturated rings. The molecule has 0 radical (unpaired) electrons. The Morgan fingerprint density at radius 2 is 1.29 bits per heavy atom. The van der Waals surface area contributed by atoms with Crippen molar-refractivity contribution in [1.82, 2.24) is 4.90 Å². The van der Waals surface area contributed by atoms with Crippen LogP contribution in [0.2, 0.25) is 0 Å². The van der Waals surface area contributed by atoms with E-state index >= 15 is 0 Å². The molecule has 1 amide bonds. The van der Waals surface area contributed by atoms with Crippen LogP contribution in [-0.2, 0) is 14.3 Å². The minimum Gasteiger partial charge on any atom is -0.464 e. The quantitative estimate of drug-likeness (QED) is 0.331. The second-order valence-corrected chi connectivity index (χ2v) is 6.40. The molecule has 0 aliphatic carbocycles. The van der Waals surface area contributed by atoms with Gasteiger partial charge in [0, 0.05) is 7.05 Å². The van der Waals surface area contributed by atoms with Crippen molar-refractivity contribution in [2.45, 2.75) is 91.0 Å². The molecule has 0 bridgehead atoms. The van der Waals surface area contributed by atoms with Crippen LogP contribution in [0.3, 0.4) is 0 Å². The first-order chi connectivity index (χ1) is 11.5. The minimum atomic E-state index is -0.618. The molecular weight excluding hydrogens is 306 g/mol. The van der Waals surface area contributed by atoms with E-state index in [-0.39, 0.29) is 5.97 Å². The molecule has 0 saturated carbocycles. The lowest BCUT2D eigenvalue weighted by Crippen LogP contribution is -2.41. The van der Waals surface area contributed by atoms with Gasteiger partial charge in [-0.3, -0.25) is 4.90 Å². The van der Waals surface area contributed by atoms with Gasteiger partial charge in [-0.15, -0.1) is 0 Å². The topological polar surface area (TPSA) is 55.8 Å². The molecular formula is C19H37NO4. The molecule has 0 spiro atoms. The predicted molar refractivity (Wildman–Crippen MR) is 97.1 cm³/mol. The van der Waals surface area contributed by atoms with Crippen molar-refractivity contribution >= 4 is 12.1 Å². The molecule has 142 valence electrons. The number of unbranched alkanes of at least 4 members (excludes halogenated alkanes) is 8. The van der Waals surface area contributed by atoms with Gasteiger partial charge in [0.25, 0.3) is 0 Å². The smallest absolute Gasteiger partial charge is 0.410 e. The van der Waals surface area contributed by atoms with Gasteiger partial charge in [0.15, 0.2) is 0 Å². The third-order valence-corrected chi connectivity index (χ3v) is 4.18. The summed E-state index contributed by atoms with van der Waals surface area (Å²) >= 11 is 0. The van der Waals surface area contributed by atoms with E-state index in [0.717, 1.165) is 25.7 Å². The van der Waals surface area contributed by atoms with Gasteiger partial charge in [-0.2, -0.15) is 0 Å². The van der Waals surface area contributed by atoms with Crippen molar-refractivity contribution < 1.29 is 19.1 Å². The van der Waals surface area contributed by atoms with Crippen molar-refractivity contribution in [3.8, 4) is 0 Å². The second-order valence-electron chi connectivity index (χ2n) is 6.40. The molecule has 0 aliphatic heterocycles. The molecule has 0 saturated heterocycles. The van der Waals surface area contributed by atoms with E-state index in [2.05, 4.69) is 6.92 Å². The Morgan fingerprint density at radius 1 is 0.792 bits per heavy atom. The van der Waals surface area contributed by atoms with Crippen LogP contribution in [0.25, 0.3) is 0 Å². The summed E-state index contributed by atoms with van der Waals surface area (Å²) < 4.78 is 10.4. The SMILES string of the molecule is CCCCCCCCCCOC(=O)N(C)C(C)C(=O)OCCCC. The summed E-state index contributed by atoms with van der Waals surface area (Å²) in [6, 6.07) is -0.618. The Hall–Kier alpha value is -1.26. The van der Waals surface area contributed by atoms with E-state index in [1.807, 2.05) is 6.92 Å². The predicted octanol–water partition coefficient (Wildman–Crippen LogP) is 4.93. The third-order valence-electron chi connectivity index (χ3n) is 4.18. The standard InChI is InChI=1S/C19H37NO4/c1-5-7-9-10-11-12-13-14-16-24-19(22)20(4)17(3)18(21)23-15-8-6-2/h17H,5-16H2,1-4H3. The number of carbonyl (C=O) groups is 2. The van der Waals surface area contributed by atoms with Gasteiger partial charge in [-0.25, -0.2) is 9.59 Å². The number of likely N-dealkylation sites (N-methyl/N-ethyl adjacent to an activating group) is 1. The summed E-state index contributed by atoms with van der Waals surface area (Å²) in [6.07, 6.45) is 11.0. The lowest BCUT2D eigenvalue weighted by atomic mass is 10.1. The molecule has 5 nitrogen and oxygen atoms in total. The Balaban J connectivity index is 3.72. The lowest BCUT2D eigenvalue weighted by molar-refractivity contribution is -0.148. The number of carbonyl (C=O) groups excluding carboxylic acids is 2. The first-order valence-electron chi connectivity index (χ1n) is 9.60. The number of ether oxygens (including phenoxy) is 2. The maximum atomic E-state index is 11.9. The van der Waals surface area contributed by atoms with Gasteiger partial charge >= 0.3 is 12.1 Å². The van der Waals surface area contributed by atoms with Crippen molar-refractivity contribution in [2.75, 3.05) is 20.3 Å². The van der Waals surface area contributed by atoms with E-state index in [9.17, 15) is 9.59 Å². The highest BCUT2D eigenvalue weighted by molar-refractivity contribution is 5.80. The monoisotopic (exact) mass is 343 g/mol. The van der Waals surface area contributed by atoms with Gasteiger partial charge in [-0.1, -0.05) is 65.2 Å². The molecule has 24 heavy (non-hydrogen) atoms. The fraction of sp³-hybridized carbons (Fsp3) is 0.895. The Kier molecular flexibility index (Phi) is 14.5. The summed E-state index contributed by atoms with van der Waals surface area (Å²) in [6.45, 7) is 6.73. The van der Waals surface area contributed by atoms with Crippen LogP contribution in [0, 0.1) is 0 Å². The number of rotatable bonds is 14. The zero-order chi connectivity index (χ0) is 18.2. The fourth-order valence-corrected chi connectivity index (χ4v) is 2.25. The maximum absolute atomic E-state index is 11.9. The number of nitrogens with zero attached hydrogens (tertiary/aromatic N) is 1. The number of hydrogen-bond acceptors (Lipinski definition) is 4. The summed E-state index contributed by atoms with van der Waals surface area (Å²) in [5.74, 6) is -0.380. The highest BCUT2D eigenvalue weighted by Gasteiger charge is 2.24. The summed E-state index contributed by atoms with van der Waals surface area (Å²) in [5, 5.41) is 0.